The second-order valence-corrected chi connectivity index (χ2v) is 6.10. The molecule has 0 amide bonds. The van der Waals surface area contributed by atoms with Gasteiger partial charge in [0.25, 0.3) is 0 Å². The van der Waals surface area contributed by atoms with Gasteiger partial charge in [0.05, 0.1) is 5.56 Å². The third-order valence-corrected chi connectivity index (χ3v) is 4.37. The molecule has 0 heterocycles. The van der Waals surface area contributed by atoms with Gasteiger partial charge in [-0.05, 0) is 56.3 Å². The van der Waals surface area contributed by atoms with E-state index in [2.05, 4.69) is 30.7 Å². The van der Waals surface area contributed by atoms with Gasteiger partial charge in [0.2, 0.25) is 0 Å². The van der Waals surface area contributed by atoms with E-state index in [9.17, 15) is 4.39 Å². The van der Waals surface area contributed by atoms with E-state index in [1.54, 1.807) is 6.07 Å². The molecule has 1 saturated carbocycles. The molecule has 2 nitrogen and oxygen atoms in total. The Labute approximate surface area is 127 Å². The average molecular weight is 289 g/mol. The summed E-state index contributed by atoms with van der Waals surface area (Å²) in [6.45, 7) is 2.89. The molecule has 0 radical (unpaired) electrons. The van der Waals surface area contributed by atoms with Crippen LogP contribution in [0.2, 0.25) is 0 Å². The molecule has 0 unspecified atom stereocenters. The molecule has 0 bridgehead atoms. The van der Waals surface area contributed by atoms with E-state index in [0.29, 0.717) is 11.6 Å². The summed E-state index contributed by atoms with van der Waals surface area (Å²) in [5.41, 5.74) is 1.44. The molecule has 21 heavy (non-hydrogen) atoms. The Kier molecular flexibility index (Phi) is 5.78. The number of aliphatic hydroxyl groups is 1. The molecule has 1 fully saturated rings. The van der Waals surface area contributed by atoms with Crippen molar-refractivity contribution >= 4 is 0 Å². The van der Waals surface area contributed by atoms with Crippen molar-refractivity contribution < 1.29 is 9.50 Å². The monoisotopic (exact) mass is 289 g/mol. The number of hydrogen-bond acceptors (Lipinski definition) is 2. The zero-order valence-corrected chi connectivity index (χ0v) is 12.9. The molecule has 1 aliphatic carbocycles. The summed E-state index contributed by atoms with van der Waals surface area (Å²) in [5, 5.41) is 8.72. The quantitative estimate of drug-likeness (QED) is 0.864. The number of nitrogens with zero attached hydrogens (tertiary/aromatic N) is 1. The van der Waals surface area contributed by atoms with Crippen molar-refractivity contribution in [1.82, 2.24) is 4.90 Å². The van der Waals surface area contributed by atoms with Crippen LogP contribution in [0.4, 0.5) is 4.39 Å². The third-order valence-electron chi connectivity index (χ3n) is 4.37. The maximum atomic E-state index is 13.6. The van der Waals surface area contributed by atoms with Crippen molar-refractivity contribution in [1.29, 1.82) is 0 Å². The first kappa shape index (κ1) is 16.0. The predicted molar refractivity (Wildman–Crippen MR) is 83.3 cm³/mol. The molecule has 0 saturated heterocycles. The zero-order chi connectivity index (χ0) is 15.2. The fourth-order valence-corrected chi connectivity index (χ4v) is 3.00. The highest BCUT2D eigenvalue weighted by Gasteiger charge is 2.21. The van der Waals surface area contributed by atoms with Crippen LogP contribution in [0.1, 0.15) is 43.7 Å². The van der Waals surface area contributed by atoms with Crippen molar-refractivity contribution in [3.05, 3.63) is 35.1 Å². The molecule has 0 aromatic heterocycles. The molecule has 1 aromatic carbocycles. The highest BCUT2D eigenvalue weighted by Crippen LogP contribution is 2.27. The van der Waals surface area contributed by atoms with Gasteiger partial charge in [-0.2, -0.15) is 0 Å². The molecule has 0 aliphatic heterocycles. The minimum Gasteiger partial charge on any atom is -0.384 e. The van der Waals surface area contributed by atoms with Crippen molar-refractivity contribution in [2.45, 2.75) is 45.2 Å². The maximum Gasteiger partial charge on any atom is 0.138 e. The minimum absolute atomic E-state index is 0.246. The summed E-state index contributed by atoms with van der Waals surface area (Å²) < 4.78 is 13.6. The first-order valence-corrected chi connectivity index (χ1v) is 7.68. The van der Waals surface area contributed by atoms with Gasteiger partial charge >= 0.3 is 0 Å². The van der Waals surface area contributed by atoms with Crippen LogP contribution in [0.3, 0.4) is 0 Å². The Morgan fingerprint density at radius 3 is 2.67 bits per heavy atom. The SMILES string of the molecule is CC1CCC(N(C)Cc2ccc(F)c(C#CCO)c2)CC1. The number of halogens is 1. The van der Waals surface area contributed by atoms with Crippen LogP contribution in [0, 0.1) is 23.6 Å². The first-order chi connectivity index (χ1) is 10.1. The van der Waals surface area contributed by atoms with Gasteiger partial charge in [-0.3, -0.25) is 4.90 Å². The number of benzene rings is 1. The summed E-state index contributed by atoms with van der Waals surface area (Å²) >= 11 is 0. The van der Waals surface area contributed by atoms with Gasteiger partial charge in [0, 0.05) is 12.6 Å². The minimum atomic E-state index is -0.325. The average Bonchev–Trinajstić information content (AvgIpc) is 2.48. The van der Waals surface area contributed by atoms with E-state index in [0.717, 1.165) is 18.0 Å². The largest absolute Gasteiger partial charge is 0.384 e. The van der Waals surface area contributed by atoms with Crippen molar-refractivity contribution in [2.75, 3.05) is 13.7 Å². The fourth-order valence-electron chi connectivity index (χ4n) is 3.00. The van der Waals surface area contributed by atoms with Gasteiger partial charge < -0.3 is 5.11 Å². The van der Waals surface area contributed by atoms with Crippen molar-refractivity contribution in [2.24, 2.45) is 5.92 Å². The van der Waals surface area contributed by atoms with Gasteiger partial charge in [-0.25, -0.2) is 4.39 Å². The standard InChI is InChI=1S/C18H24FNO/c1-14-5-8-17(9-6-14)20(2)13-15-7-10-18(19)16(12-15)4-3-11-21/h7,10,12,14,17,21H,5-6,8-9,11,13H2,1-2H3. The van der Waals surface area contributed by atoms with Crippen molar-refractivity contribution in [3.63, 3.8) is 0 Å². The summed E-state index contributed by atoms with van der Waals surface area (Å²) in [6, 6.07) is 5.70. The van der Waals surface area contributed by atoms with Crippen LogP contribution >= 0.6 is 0 Å². The fraction of sp³-hybridized carbons (Fsp3) is 0.556. The normalized spacial score (nSPS) is 22.0. The Balaban J connectivity index is 2.02. The third kappa shape index (κ3) is 4.56. The van der Waals surface area contributed by atoms with Crippen LogP contribution in [0.25, 0.3) is 0 Å². The molecule has 1 aromatic rings. The Hall–Kier alpha value is -1.37. The second kappa shape index (κ2) is 7.59. The van der Waals surface area contributed by atoms with Crippen LogP contribution < -0.4 is 0 Å². The van der Waals surface area contributed by atoms with Gasteiger partial charge in [0.15, 0.2) is 0 Å². The summed E-state index contributed by atoms with van der Waals surface area (Å²) in [7, 11) is 2.14. The lowest BCUT2D eigenvalue weighted by Crippen LogP contribution is -2.34. The molecular formula is C18H24FNO. The zero-order valence-electron chi connectivity index (χ0n) is 12.9. The van der Waals surface area contributed by atoms with Gasteiger partial charge in [-0.15, -0.1) is 0 Å². The highest BCUT2D eigenvalue weighted by molar-refractivity contribution is 5.38. The van der Waals surface area contributed by atoms with Crippen LogP contribution in [-0.2, 0) is 6.54 Å². The van der Waals surface area contributed by atoms with Crippen LogP contribution in [0.5, 0.6) is 0 Å². The lowest BCUT2D eigenvalue weighted by Gasteiger charge is -2.33. The number of rotatable bonds is 3. The Morgan fingerprint density at radius 1 is 1.29 bits per heavy atom. The molecular weight excluding hydrogens is 265 g/mol. The summed E-state index contributed by atoms with van der Waals surface area (Å²) in [6.07, 6.45) is 5.09. The van der Waals surface area contributed by atoms with Crippen LogP contribution in [-0.4, -0.2) is 29.7 Å². The van der Waals surface area contributed by atoms with E-state index >= 15 is 0 Å². The first-order valence-electron chi connectivity index (χ1n) is 7.68. The van der Waals surface area contributed by atoms with E-state index in [1.165, 1.54) is 31.7 Å². The van der Waals surface area contributed by atoms with Crippen LogP contribution in [0.15, 0.2) is 18.2 Å². The van der Waals surface area contributed by atoms with E-state index < -0.39 is 0 Å². The Morgan fingerprint density at radius 2 is 2.00 bits per heavy atom. The van der Waals surface area contributed by atoms with E-state index in [4.69, 9.17) is 5.11 Å². The second-order valence-electron chi connectivity index (χ2n) is 6.10. The molecule has 1 aliphatic rings. The summed E-state index contributed by atoms with van der Waals surface area (Å²) in [4.78, 5) is 2.36. The topological polar surface area (TPSA) is 23.5 Å². The van der Waals surface area contributed by atoms with E-state index in [1.807, 2.05) is 6.07 Å². The van der Waals surface area contributed by atoms with Gasteiger partial charge in [-0.1, -0.05) is 24.8 Å². The highest BCUT2D eigenvalue weighted by atomic mass is 19.1. The van der Waals surface area contributed by atoms with E-state index in [-0.39, 0.29) is 12.4 Å². The molecule has 1 N–H and O–H groups in total. The Bertz CT molecular complexity index is 524. The summed E-state index contributed by atoms with van der Waals surface area (Å²) in [5.74, 6) is 5.70. The molecule has 114 valence electrons. The maximum absolute atomic E-state index is 13.6. The molecule has 2 rings (SSSR count). The molecule has 0 atom stereocenters. The molecule has 0 spiro atoms. The molecule has 3 heteroatoms. The lowest BCUT2D eigenvalue weighted by molar-refractivity contribution is 0.164. The van der Waals surface area contributed by atoms with Gasteiger partial charge in [0.1, 0.15) is 12.4 Å². The lowest BCUT2D eigenvalue weighted by atomic mass is 9.86. The predicted octanol–water partition coefficient (Wildman–Crippen LogP) is 3.18. The van der Waals surface area contributed by atoms with Crippen molar-refractivity contribution in [3.8, 4) is 11.8 Å². The number of aliphatic hydroxyl groups excluding tert-OH is 1. The number of hydrogen-bond donors (Lipinski definition) is 1. The smallest absolute Gasteiger partial charge is 0.138 e.